The lowest BCUT2D eigenvalue weighted by atomic mass is 9.77. The van der Waals surface area contributed by atoms with Crippen molar-refractivity contribution in [3.05, 3.63) is 108 Å². The first-order valence-corrected chi connectivity index (χ1v) is 19.8. The number of aryl methyl sites for hydroxylation is 2. The van der Waals surface area contributed by atoms with Crippen molar-refractivity contribution in [1.29, 1.82) is 0 Å². The molecule has 0 saturated carbocycles. The molecular formula is C42H66N6O6S. The highest BCUT2D eigenvalue weighted by Crippen LogP contribution is 2.51. The van der Waals surface area contributed by atoms with Crippen molar-refractivity contribution in [3.8, 4) is 0 Å². The van der Waals surface area contributed by atoms with E-state index < -0.39 is 15.5 Å². The molecule has 0 aliphatic carbocycles. The van der Waals surface area contributed by atoms with Gasteiger partial charge in [-0.15, -0.1) is 13.2 Å². The zero-order chi connectivity index (χ0) is 42.9. The van der Waals surface area contributed by atoms with Crippen LogP contribution in [0, 0.1) is 13.8 Å². The number of rotatable bonds is 11. The smallest absolute Gasteiger partial charge is 0.264 e. The maximum Gasteiger partial charge on any atom is 0.264 e. The normalized spacial score (nSPS) is 16.4. The lowest BCUT2D eigenvalue weighted by Gasteiger charge is -2.33. The van der Waals surface area contributed by atoms with Crippen LogP contribution < -0.4 is 31.9 Å². The maximum absolute atomic E-state index is 13.1. The molecule has 306 valence electrons. The largest absolute Gasteiger partial charge is 0.405 e. The first kappa shape index (κ1) is 50.3. The molecule has 0 spiro atoms. The molecule has 4 rings (SSSR count). The summed E-state index contributed by atoms with van der Waals surface area (Å²) in [6, 6.07) is 7.94. The van der Waals surface area contributed by atoms with Gasteiger partial charge >= 0.3 is 0 Å². The summed E-state index contributed by atoms with van der Waals surface area (Å²) in [4.78, 5) is 38.2. The molecule has 2 aliphatic heterocycles. The minimum absolute atomic E-state index is 0.0214. The highest BCUT2D eigenvalue weighted by Gasteiger charge is 2.45. The highest BCUT2D eigenvalue weighted by atomic mass is 32.2. The van der Waals surface area contributed by atoms with Crippen LogP contribution in [0.1, 0.15) is 96.9 Å². The van der Waals surface area contributed by atoms with Crippen molar-refractivity contribution in [1.82, 2.24) is 10.6 Å². The number of fused-ring (bicyclic) bond motifs is 2. The van der Waals surface area contributed by atoms with Crippen LogP contribution in [-0.2, 0) is 25.7 Å². The Morgan fingerprint density at radius 1 is 0.927 bits per heavy atom. The van der Waals surface area contributed by atoms with Crippen LogP contribution in [0.25, 0.3) is 0 Å². The van der Waals surface area contributed by atoms with E-state index in [1.54, 1.807) is 14.1 Å². The molecule has 0 aromatic heterocycles. The van der Waals surface area contributed by atoms with E-state index in [2.05, 4.69) is 111 Å². The van der Waals surface area contributed by atoms with Gasteiger partial charge in [0.1, 0.15) is 6.79 Å². The number of benzene rings is 2. The Hall–Kier alpha value is -4.72. The quantitative estimate of drug-likeness (QED) is 0.132. The molecule has 13 heteroatoms. The Balaban J connectivity index is 0.00000299. The number of carbonyl (C=O) groups is 3. The second kappa shape index (κ2) is 22.6. The Morgan fingerprint density at radius 3 is 2.00 bits per heavy atom. The highest BCUT2D eigenvalue weighted by molar-refractivity contribution is 7.85. The zero-order valence-corrected chi connectivity index (χ0v) is 35.5. The number of nitrogens with zero attached hydrogens (tertiary/aromatic N) is 2. The maximum atomic E-state index is 13.1. The minimum atomic E-state index is -4.12. The van der Waals surface area contributed by atoms with E-state index in [-0.39, 0.29) is 35.4 Å². The van der Waals surface area contributed by atoms with E-state index in [0.717, 1.165) is 53.1 Å². The molecule has 0 fully saturated rings. The van der Waals surface area contributed by atoms with E-state index in [9.17, 15) is 22.6 Å². The first-order valence-electron chi connectivity index (χ1n) is 18.2. The Bertz CT molecular complexity index is 1780. The summed E-state index contributed by atoms with van der Waals surface area (Å²) in [6.07, 6.45) is 9.91. The number of hydrogen-bond donors (Lipinski definition) is 5. The van der Waals surface area contributed by atoms with Crippen LogP contribution in [0.4, 0.5) is 11.4 Å². The predicted octanol–water partition coefficient (Wildman–Crippen LogP) is 6.09. The average Bonchev–Trinajstić information content (AvgIpc) is 3.49. The van der Waals surface area contributed by atoms with Gasteiger partial charge in [0.2, 0.25) is 0 Å². The molecule has 0 saturated heterocycles. The first-order chi connectivity index (χ1) is 25.9. The van der Waals surface area contributed by atoms with Gasteiger partial charge in [-0.3, -0.25) is 14.1 Å². The van der Waals surface area contributed by atoms with Crippen LogP contribution in [0.5, 0.6) is 0 Å². The second-order valence-corrected chi connectivity index (χ2v) is 15.4. The van der Waals surface area contributed by atoms with Crippen LogP contribution in [0.2, 0.25) is 0 Å². The van der Waals surface area contributed by atoms with Crippen LogP contribution in [0.3, 0.4) is 0 Å². The van der Waals surface area contributed by atoms with Gasteiger partial charge in [-0.1, -0.05) is 59.8 Å². The topological polar surface area (TPSA) is 188 Å². The van der Waals surface area contributed by atoms with E-state index >= 15 is 0 Å². The van der Waals surface area contributed by atoms with Crippen LogP contribution in [-0.4, -0.2) is 77.6 Å². The summed E-state index contributed by atoms with van der Waals surface area (Å²) >= 11 is 0. The van der Waals surface area contributed by atoms with Crippen LogP contribution in [0.15, 0.2) is 74.1 Å². The van der Waals surface area contributed by atoms with Gasteiger partial charge in [0.05, 0.1) is 11.8 Å². The molecular weight excluding hydrogens is 717 g/mol. The Kier molecular flexibility index (Phi) is 20.7. The standard InChI is InChI=1S/C36H50N4O5S.C2H5N.C2H4.CH5N.CH2O/c1-10-11-16-39-28-22-25(33(41)37-8)21-24(3)31(28)35(4,5)29(39)14-12-15-30-36(6,7)32-26(34(42)38-9)19-23(2)20-27(32)40(30)17-13-18-46(43,44)45;1-2-3;3*1-2/h12,14-15,19-22,29H,10-11,13,16-18H2,1-9H3,(H,37,41)(H,38,42)(H,43,44,45);2H,1,3H2;1-2H2;2H2,1H3;1H2/b14-12+,30-15+;;;;. The number of anilines is 2. The van der Waals surface area contributed by atoms with Gasteiger partial charge in [0.25, 0.3) is 21.9 Å². The third kappa shape index (κ3) is 11.9. The molecule has 1 unspecified atom stereocenters. The zero-order valence-electron chi connectivity index (χ0n) is 34.7. The summed E-state index contributed by atoms with van der Waals surface area (Å²) in [5.41, 5.74) is 16.6. The third-order valence-corrected chi connectivity index (χ3v) is 10.3. The molecule has 7 N–H and O–H groups in total. The number of carbonyl (C=O) groups excluding carboxylic acids is 3. The van der Waals surface area contributed by atoms with Crippen molar-refractivity contribution >= 4 is 40.1 Å². The van der Waals surface area contributed by atoms with Crippen molar-refractivity contribution in [2.75, 3.05) is 49.8 Å². The van der Waals surface area contributed by atoms with Crippen molar-refractivity contribution < 1.29 is 27.4 Å². The summed E-state index contributed by atoms with van der Waals surface area (Å²) in [5.74, 6) is -0.632. The van der Waals surface area contributed by atoms with E-state index in [0.29, 0.717) is 17.7 Å². The molecule has 0 bridgehead atoms. The Morgan fingerprint density at radius 2 is 1.49 bits per heavy atom. The molecule has 2 aromatic rings. The summed E-state index contributed by atoms with van der Waals surface area (Å²) in [6.45, 7) is 27.2. The molecule has 2 aliphatic rings. The van der Waals surface area contributed by atoms with E-state index in [1.165, 1.54) is 18.8 Å². The fourth-order valence-electron chi connectivity index (χ4n) is 7.47. The van der Waals surface area contributed by atoms with Crippen molar-refractivity contribution in [2.45, 2.75) is 84.6 Å². The fourth-order valence-corrected chi connectivity index (χ4v) is 7.96. The van der Waals surface area contributed by atoms with Gasteiger partial charge in [-0.05, 0) is 87.0 Å². The van der Waals surface area contributed by atoms with E-state index in [4.69, 9.17) is 4.79 Å². The number of nitrogens with two attached hydrogens (primary N) is 2. The molecule has 55 heavy (non-hydrogen) atoms. The molecule has 2 amide bonds. The molecule has 0 radical (unpaired) electrons. The van der Waals surface area contributed by atoms with Crippen molar-refractivity contribution in [2.24, 2.45) is 11.5 Å². The fraction of sp³-hybridized carbons (Fsp3) is 0.452. The van der Waals surface area contributed by atoms with Crippen molar-refractivity contribution in [3.63, 3.8) is 0 Å². The number of amides is 2. The summed E-state index contributed by atoms with van der Waals surface area (Å²) < 4.78 is 32.7. The number of hydrogen-bond acceptors (Lipinski definition) is 9. The molecule has 2 heterocycles. The second-order valence-electron chi connectivity index (χ2n) is 13.9. The van der Waals surface area contributed by atoms with E-state index in [1.807, 2.05) is 38.0 Å². The predicted molar refractivity (Wildman–Crippen MR) is 230 cm³/mol. The van der Waals surface area contributed by atoms with Gasteiger partial charge in [-0.25, -0.2) is 0 Å². The summed E-state index contributed by atoms with van der Waals surface area (Å²) in [7, 11) is 0.645. The molecule has 2 aromatic carbocycles. The Labute approximate surface area is 330 Å². The van der Waals surface area contributed by atoms with Gasteiger partial charge in [-0.2, -0.15) is 8.42 Å². The number of nitrogens with one attached hydrogen (secondary N) is 2. The van der Waals surface area contributed by atoms with Crippen LogP contribution >= 0.6 is 0 Å². The minimum Gasteiger partial charge on any atom is -0.405 e. The molecule has 1 atom stereocenters. The summed E-state index contributed by atoms with van der Waals surface area (Å²) in [5, 5.41) is 5.53. The van der Waals surface area contributed by atoms with Gasteiger partial charge in [0, 0.05) is 71.8 Å². The average molecular weight is 783 g/mol. The van der Waals surface area contributed by atoms with Gasteiger partial charge < -0.3 is 36.7 Å². The SMILES string of the molecule is C=C.C=CN.C=O.CCCCN1c2cc(C(=O)NC)cc(C)c2C(C)(C)C1/C=C/C=C1/N(CCCS(=O)(=O)O)c2cc(C)cc(C(=O)NC)c2C1(C)C.CN. The number of unbranched alkanes of at least 4 members (excludes halogenated alkanes) is 1. The monoisotopic (exact) mass is 782 g/mol. The third-order valence-electron chi connectivity index (χ3n) is 9.50. The lowest BCUT2D eigenvalue weighted by molar-refractivity contribution is -0.0980. The van der Waals surface area contributed by atoms with Gasteiger partial charge in [0.15, 0.2) is 0 Å². The lowest BCUT2D eigenvalue weighted by Crippen LogP contribution is -2.40. The molecule has 12 nitrogen and oxygen atoms in total. The number of allylic oxidation sites excluding steroid dienone is 3.